The maximum atomic E-state index is 13.1. The molecule has 0 fully saturated rings. The number of sulfonamides is 1. The first kappa shape index (κ1) is 18.2. The molecule has 0 saturated heterocycles. The van der Waals surface area contributed by atoms with E-state index in [0.29, 0.717) is 11.6 Å². The van der Waals surface area contributed by atoms with Gasteiger partial charge in [-0.3, -0.25) is 0 Å². The molecule has 11 heteroatoms. The van der Waals surface area contributed by atoms with Crippen LogP contribution in [-0.2, 0) is 10.0 Å². The van der Waals surface area contributed by atoms with Gasteiger partial charge >= 0.3 is 0 Å². The van der Waals surface area contributed by atoms with E-state index in [1.807, 2.05) is 0 Å². The van der Waals surface area contributed by atoms with Crippen molar-refractivity contribution in [3.05, 3.63) is 59.6 Å². The molecule has 0 bridgehead atoms. The van der Waals surface area contributed by atoms with Crippen LogP contribution in [-0.4, -0.2) is 41.5 Å². The molecule has 3 rings (SSSR count). The van der Waals surface area contributed by atoms with E-state index in [1.54, 1.807) is 35.3 Å². The number of aromatic nitrogens is 4. The number of benzene rings is 1. The van der Waals surface area contributed by atoms with Gasteiger partial charge in [0, 0.05) is 25.5 Å². The standard InChI is InChI=1S/C15H14ClFN6O2S/c16-12-10-11(2-3-13(12)17)26(24,25)20-8-7-18-14-4-5-15(22-21-14)23-9-1-6-19-23/h1-6,9-10,20H,7-8H2,(H,18,21). The van der Waals surface area contributed by atoms with Crippen LogP contribution < -0.4 is 10.0 Å². The Balaban J connectivity index is 1.52. The van der Waals surface area contributed by atoms with Gasteiger partial charge in [-0.25, -0.2) is 22.2 Å². The molecule has 8 nitrogen and oxygen atoms in total. The van der Waals surface area contributed by atoms with Crippen LogP contribution in [0.5, 0.6) is 0 Å². The van der Waals surface area contributed by atoms with Crippen LogP contribution >= 0.6 is 11.6 Å². The highest BCUT2D eigenvalue weighted by atomic mass is 35.5. The van der Waals surface area contributed by atoms with Gasteiger partial charge in [-0.15, -0.1) is 10.2 Å². The smallest absolute Gasteiger partial charge is 0.240 e. The second-order valence-electron chi connectivity index (χ2n) is 5.13. The number of nitrogens with one attached hydrogen (secondary N) is 2. The lowest BCUT2D eigenvalue weighted by atomic mass is 10.3. The van der Waals surface area contributed by atoms with Gasteiger partial charge in [-0.2, -0.15) is 5.10 Å². The molecule has 1 aromatic carbocycles. The van der Waals surface area contributed by atoms with E-state index in [9.17, 15) is 12.8 Å². The summed E-state index contributed by atoms with van der Waals surface area (Å²) in [7, 11) is -3.78. The Bertz CT molecular complexity index is 980. The van der Waals surface area contributed by atoms with Crippen LogP contribution in [0.3, 0.4) is 0 Å². The SMILES string of the molecule is O=S(=O)(NCCNc1ccc(-n2cccn2)nn1)c1ccc(F)c(Cl)c1. The second kappa shape index (κ2) is 7.77. The van der Waals surface area contributed by atoms with E-state index in [0.717, 1.165) is 18.2 Å². The van der Waals surface area contributed by atoms with Gasteiger partial charge in [-0.1, -0.05) is 11.6 Å². The molecule has 26 heavy (non-hydrogen) atoms. The molecule has 0 spiro atoms. The summed E-state index contributed by atoms with van der Waals surface area (Å²) in [5, 5.41) is 14.7. The summed E-state index contributed by atoms with van der Waals surface area (Å²) in [5.41, 5.74) is 0. The highest BCUT2D eigenvalue weighted by Crippen LogP contribution is 2.19. The van der Waals surface area contributed by atoms with Crippen LogP contribution in [0.1, 0.15) is 0 Å². The first-order valence-corrected chi connectivity index (χ1v) is 9.34. The van der Waals surface area contributed by atoms with Crippen LogP contribution in [0, 0.1) is 5.82 Å². The third-order valence-corrected chi connectivity index (χ3v) is 5.06. The summed E-state index contributed by atoms with van der Waals surface area (Å²) in [6, 6.07) is 8.42. The zero-order valence-corrected chi connectivity index (χ0v) is 14.9. The molecule has 2 heterocycles. The van der Waals surface area contributed by atoms with Gasteiger partial charge in [0.2, 0.25) is 10.0 Å². The lowest BCUT2D eigenvalue weighted by Crippen LogP contribution is -2.29. The predicted molar refractivity (Wildman–Crippen MR) is 94.2 cm³/mol. The minimum absolute atomic E-state index is 0.0971. The van der Waals surface area contributed by atoms with Crippen molar-refractivity contribution in [2.24, 2.45) is 0 Å². The van der Waals surface area contributed by atoms with E-state index in [1.165, 1.54) is 0 Å². The van der Waals surface area contributed by atoms with Crippen molar-refractivity contribution in [2.45, 2.75) is 4.90 Å². The third kappa shape index (κ3) is 4.34. The van der Waals surface area contributed by atoms with Gasteiger partial charge in [0.15, 0.2) is 5.82 Å². The van der Waals surface area contributed by atoms with Gasteiger partial charge < -0.3 is 5.32 Å². The highest BCUT2D eigenvalue weighted by molar-refractivity contribution is 7.89. The largest absolute Gasteiger partial charge is 0.367 e. The normalized spacial score (nSPS) is 11.5. The first-order chi connectivity index (χ1) is 12.5. The predicted octanol–water partition coefficient (Wildman–Crippen LogP) is 1.85. The maximum Gasteiger partial charge on any atom is 0.240 e. The molecule has 2 aromatic heterocycles. The number of nitrogens with zero attached hydrogens (tertiary/aromatic N) is 4. The minimum atomic E-state index is -3.78. The monoisotopic (exact) mass is 396 g/mol. The molecule has 0 aliphatic rings. The van der Waals surface area contributed by atoms with Crippen molar-refractivity contribution in [3.63, 3.8) is 0 Å². The summed E-state index contributed by atoms with van der Waals surface area (Å²) in [5.74, 6) is 0.379. The van der Waals surface area contributed by atoms with E-state index in [4.69, 9.17) is 11.6 Å². The number of hydrogen-bond acceptors (Lipinski definition) is 6. The number of halogens is 2. The van der Waals surface area contributed by atoms with E-state index >= 15 is 0 Å². The fraction of sp³-hybridized carbons (Fsp3) is 0.133. The zero-order valence-electron chi connectivity index (χ0n) is 13.3. The summed E-state index contributed by atoms with van der Waals surface area (Å²) in [6.45, 7) is 0.379. The van der Waals surface area contributed by atoms with Gasteiger partial charge in [-0.05, 0) is 36.4 Å². The molecule has 0 aliphatic heterocycles. The molecular formula is C15H14ClFN6O2S. The van der Waals surface area contributed by atoms with Crippen molar-refractivity contribution in [2.75, 3.05) is 18.4 Å². The topological polar surface area (TPSA) is 102 Å². The van der Waals surface area contributed by atoms with E-state index in [2.05, 4.69) is 25.3 Å². The zero-order chi connectivity index (χ0) is 18.6. The summed E-state index contributed by atoms with van der Waals surface area (Å²) in [6.07, 6.45) is 3.38. The van der Waals surface area contributed by atoms with Crippen molar-refractivity contribution in [1.29, 1.82) is 0 Å². The Morgan fingerprint density at radius 3 is 2.65 bits per heavy atom. The second-order valence-corrected chi connectivity index (χ2v) is 7.30. The van der Waals surface area contributed by atoms with Crippen molar-refractivity contribution in [1.82, 2.24) is 24.7 Å². The first-order valence-electron chi connectivity index (χ1n) is 7.48. The molecule has 0 unspecified atom stereocenters. The van der Waals surface area contributed by atoms with Crippen molar-refractivity contribution >= 4 is 27.4 Å². The molecule has 0 radical (unpaired) electrons. The van der Waals surface area contributed by atoms with Crippen LogP contribution in [0.4, 0.5) is 10.2 Å². The summed E-state index contributed by atoms with van der Waals surface area (Å²) in [4.78, 5) is -0.104. The van der Waals surface area contributed by atoms with E-state index < -0.39 is 15.8 Å². The Morgan fingerprint density at radius 1 is 1.15 bits per heavy atom. The average molecular weight is 397 g/mol. The number of hydrogen-bond donors (Lipinski definition) is 2. The molecule has 0 saturated carbocycles. The third-order valence-electron chi connectivity index (χ3n) is 3.31. The maximum absolute atomic E-state index is 13.1. The summed E-state index contributed by atoms with van der Waals surface area (Å²) < 4.78 is 41.3. The van der Waals surface area contributed by atoms with Crippen LogP contribution in [0.25, 0.3) is 5.82 Å². The molecule has 3 aromatic rings. The minimum Gasteiger partial charge on any atom is -0.367 e. The molecule has 0 amide bonds. The van der Waals surface area contributed by atoms with Gasteiger partial charge in [0.1, 0.15) is 11.6 Å². The van der Waals surface area contributed by atoms with E-state index in [-0.39, 0.29) is 23.0 Å². The fourth-order valence-electron chi connectivity index (χ4n) is 2.05. The van der Waals surface area contributed by atoms with Crippen molar-refractivity contribution < 1.29 is 12.8 Å². The molecule has 2 N–H and O–H groups in total. The molecule has 136 valence electrons. The number of anilines is 1. The average Bonchev–Trinajstić information content (AvgIpc) is 3.16. The van der Waals surface area contributed by atoms with Crippen LogP contribution in [0.2, 0.25) is 5.02 Å². The van der Waals surface area contributed by atoms with Gasteiger partial charge in [0.25, 0.3) is 0 Å². The molecule has 0 aliphatic carbocycles. The number of rotatable bonds is 7. The lowest BCUT2D eigenvalue weighted by Gasteiger charge is -2.09. The Kier molecular flexibility index (Phi) is 5.45. The lowest BCUT2D eigenvalue weighted by molar-refractivity contribution is 0.582. The molecular weight excluding hydrogens is 383 g/mol. The Labute approximate surface area is 154 Å². The quantitative estimate of drug-likeness (QED) is 0.591. The Hall–Kier alpha value is -2.56. The molecule has 0 atom stereocenters. The summed E-state index contributed by atoms with van der Waals surface area (Å²) >= 11 is 5.61. The highest BCUT2D eigenvalue weighted by Gasteiger charge is 2.15. The van der Waals surface area contributed by atoms with Crippen molar-refractivity contribution in [3.8, 4) is 5.82 Å². The fourth-order valence-corrected chi connectivity index (χ4v) is 3.35. The van der Waals surface area contributed by atoms with Gasteiger partial charge in [0.05, 0.1) is 9.92 Å². The Morgan fingerprint density at radius 2 is 2.00 bits per heavy atom. The van der Waals surface area contributed by atoms with Crippen LogP contribution in [0.15, 0.2) is 53.7 Å².